The molecule has 2 aliphatic rings. The van der Waals surface area contributed by atoms with Gasteiger partial charge in [0.05, 0.1) is 11.2 Å². The van der Waals surface area contributed by atoms with E-state index in [0.717, 1.165) is 57.0 Å². The van der Waals surface area contributed by atoms with Crippen LogP contribution in [0, 0.1) is 12.3 Å². The lowest BCUT2D eigenvalue weighted by molar-refractivity contribution is -0.141. The van der Waals surface area contributed by atoms with E-state index >= 15 is 0 Å². The van der Waals surface area contributed by atoms with Gasteiger partial charge in [-0.05, 0) is 63.9 Å². The molecule has 2 fully saturated rings. The zero-order valence-electron chi connectivity index (χ0n) is 15.0. The molecule has 1 N–H and O–H groups in total. The second-order valence-electron chi connectivity index (χ2n) is 7.81. The summed E-state index contributed by atoms with van der Waals surface area (Å²) in [7, 11) is 1.94. The zero-order valence-corrected chi connectivity index (χ0v) is 15.0. The summed E-state index contributed by atoms with van der Waals surface area (Å²) in [4.78, 5) is 20.6. The number of fused-ring (bicyclic) bond motifs is 1. The first-order valence-electron chi connectivity index (χ1n) is 9.05. The van der Waals surface area contributed by atoms with Crippen molar-refractivity contribution in [2.75, 3.05) is 26.7 Å². The number of nitrogens with zero attached hydrogens (tertiary/aromatic N) is 4. The number of aryl methyl sites for hydroxylation is 1. The molecule has 0 amide bonds. The van der Waals surface area contributed by atoms with Gasteiger partial charge in [-0.25, -0.2) is 4.98 Å². The number of likely N-dealkylation sites (N-methyl/N-ethyl adjacent to an activating group) is 1. The average molecular weight is 342 g/mol. The number of aromatic nitrogens is 2. The molecule has 6 heteroatoms. The minimum absolute atomic E-state index is 0.181. The van der Waals surface area contributed by atoms with Crippen LogP contribution in [0.1, 0.15) is 30.8 Å². The maximum absolute atomic E-state index is 11.4. The number of carboxylic acids is 1. The van der Waals surface area contributed by atoms with Gasteiger partial charge in [-0.2, -0.15) is 0 Å². The highest BCUT2D eigenvalue weighted by atomic mass is 16.4. The van der Waals surface area contributed by atoms with Crippen molar-refractivity contribution >= 4 is 11.5 Å². The number of imidazole rings is 1. The second-order valence-corrected chi connectivity index (χ2v) is 7.81. The van der Waals surface area contributed by atoms with Gasteiger partial charge in [0.25, 0.3) is 0 Å². The van der Waals surface area contributed by atoms with Crippen molar-refractivity contribution < 1.29 is 9.90 Å². The molecule has 1 atom stereocenters. The Hall–Kier alpha value is -1.92. The quantitative estimate of drug-likeness (QED) is 0.925. The third-order valence-corrected chi connectivity index (χ3v) is 6.12. The van der Waals surface area contributed by atoms with E-state index in [1.165, 1.54) is 5.52 Å². The minimum atomic E-state index is -0.679. The van der Waals surface area contributed by atoms with E-state index < -0.39 is 5.97 Å². The smallest absolute Gasteiger partial charge is 0.320 e. The van der Waals surface area contributed by atoms with Gasteiger partial charge >= 0.3 is 5.97 Å². The zero-order chi connectivity index (χ0) is 17.6. The molecule has 134 valence electrons. The van der Waals surface area contributed by atoms with E-state index in [1.807, 2.05) is 24.9 Å². The van der Waals surface area contributed by atoms with Crippen LogP contribution in [0.3, 0.4) is 0 Å². The first-order valence-corrected chi connectivity index (χ1v) is 9.05. The highest BCUT2D eigenvalue weighted by molar-refractivity contribution is 5.74. The maximum Gasteiger partial charge on any atom is 0.320 e. The van der Waals surface area contributed by atoms with Gasteiger partial charge in [0, 0.05) is 19.3 Å². The Balaban J connectivity index is 1.43. The first kappa shape index (κ1) is 16.5. The number of hydrogen-bond donors (Lipinski definition) is 1. The number of piperidine rings is 1. The van der Waals surface area contributed by atoms with Crippen LogP contribution in [-0.4, -0.2) is 63.0 Å². The second kappa shape index (κ2) is 6.11. The molecule has 2 aromatic heterocycles. The molecule has 2 aliphatic heterocycles. The molecule has 0 aromatic carbocycles. The van der Waals surface area contributed by atoms with E-state index in [9.17, 15) is 9.90 Å². The van der Waals surface area contributed by atoms with Gasteiger partial charge < -0.3 is 9.51 Å². The maximum atomic E-state index is 11.4. The van der Waals surface area contributed by atoms with Crippen LogP contribution in [0.2, 0.25) is 0 Å². The van der Waals surface area contributed by atoms with Crippen LogP contribution in [0.15, 0.2) is 24.4 Å². The van der Waals surface area contributed by atoms with Gasteiger partial charge in [0.15, 0.2) is 0 Å². The molecule has 2 saturated heterocycles. The van der Waals surface area contributed by atoms with Gasteiger partial charge in [-0.1, -0.05) is 6.07 Å². The third-order valence-electron chi connectivity index (χ3n) is 6.12. The van der Waals surface area contributed by atoms with E-state index in [0.29, 0.717) is 0 Å². The fourth-order valence-corrected chi connectivity index (χ4v) is 4.69. The molecule has 0 radical (unpaired) electrons. The summed E-state index contributed by atoms with van der Waals surface area (Å²) in [6, 6.07) is 5.91. The molecular formula is C19H26N4O2. The lowest BCUT2D eigenvalue weighted by atomic mass is 9.76. The highest BCUT2D eigenvalue weighted by Gasteiger charge is 2.46. The van der Waals surface area contributed by atoms with E-state index in [4.69, 9.17) is 4.98 Å². The monoisotopic (exact) mass is 342 g/mol. The summed E-state index contributed by atoms with van der Waals surface area (Å²) in [5, 5.41) is 9.38. The molecule has 1 spiro atoms. The Bertz CT molecular complexity index is 792. The van der Waals surface area contributed by atoms with Gasteiger partial charge in [0.2, 0.25) is 0 Å². The summed E-state index contributed by atoms with van der Waals surface area (Å²) in [5.41, 5.74) is 2.51. The first-order chi connectivity index (χ1) is 12.0. The van der Waals surface area contributed by atoms with Crippen molar-refractivity contribution in [3.63, 3.8) is 0 Å². The van der Waals surface area contributed by atoms with E-state index in [2.05, 4.69) is 27.6 Å². The lowest BCUT2D eigenvalue weighted by Crippen LogP contribution is -2.41. The number of likely N-dealkylation sites (tertiary alicyclic amines) is 2. The molecule has 0 aliphatic carbocycles. The largest absolute Gasteiger partial charge is 0.480 e. The lowest BCUT2D eigenvalue weighted by Gasteiger charge is -2.39. The molecule has 4 rings (SSSR count). The molecule has 0 bridgehead atoms. The van der Waals surface area contributed by atoms with E-state index in [1.54, 1.807) is 0 Å². The summed E-state index contributed by atoms with van der Waals surface area (Å²) in [6.07, 6.45) is 5.00. The third kappa shape index (κ3) is 2.93. The van der Waals surface area contributed by atoms with Crippen molar-refractivity contribution in [2.45, 2.75) is 38.8 Å². The average Bonchev–Trinajstić information content (AvgIpc) is 3.08. The van der Waals surface area contributed by atoms with Gasteiger partial charge in [-0.3, -0.25) is 14.6 Å². The van der Waals surface area contributed by atoms with Crippen molar-refractivity contribution in [1.82, 2.24) is 19.2 Å². The Labute approximate surface area is 148 Å². The summed E-state index contributed by atoms with van der Waals surface area (Å²) in [5.74, 6) is 0.350. The van der Waals surface area contributed by atoms with Crippen LogP contribution in [0.5, 0.6) is 0 Å². The van der Waals surface area contributed by atoms with E-state index in [-0.39, 0.29) is 11.5 Å². The Kier molecular flexibility index (Phi) is 4.04. The summed E-state index contributed by atoms with van der Waals surface area (Å²) < 4.78 is 2.14. The van der Waals surface area contributed by atoms with Gasteiger partial charge in [0.1, 0.15) is 11.9 Å². The van der Waals surface area contributed by atoms with Crippen molar-refractivity contribution in [3.8, 4) is 0 Å². The molecule has 6 nitrogen and oxygen atoms in total. The van der Waals surface area contributed by atoms with Gasteiger partial charge in [-0.15, -0.1) is 0 Å². The molecular weight excluding hydrogens is 316 g/mol. The summed E-state index contributed by atoms with van der Waals surface area (Å²) in [6.45, 7) is 5.86. The standard InChI is InChI=1S/C19H26N4O2/c1-14-20-15(16-5-3-4-8-23(14)16)12-22-9-6-19(7-10-22)11-17(18(24)25)21(2)13-19/h3-5,8,17H,6-7,9-13H2,1-2H3,(H,24,25)/t17-/m0/s1. The molecule has 25 heavy (non-hydrogen) atoms. The molecule has 0 unspecified atom stereocenters. The SMILES string of the molecule is Cc1nc(CN2CCC3(CC2)C[C@@H](C(=O)O)N(C)C3)c2ccccn12. The Morgan fingerprint density at radius 1 is 1.36 bits per heavy atom. The number of aliphatic carboxylic acids is 1. The number of pyridine rings is 1. The molecule has 2 aromatic rings. The van der Waals surface area contributed by atoms with Crippen molar-refractivity contribution in [3.05, 3.63) is 35.9 Å². The fraction of sp³-hybridized carbons (Fsp3) is 0.579. The molecule has 0 saturated carbocycles. The summed E-state index contributed by atoms with van der Waals surface area (Å²) >= 11 is 0. The number of carbonyl (C=O) groups is 1. The van der Waals surface area contributed by atoms with Crippen LogP contribution in [0.4, 0.5) is 0 Å². The topological polar surface area (TPSA) is 61.1 Å². The van der Waals surface area contributed by atoms with Crippen molar-refractivity contribution in [2.24, 2.45) is 5.41 Å². The predicted molar refractivity (Wildman–Crippen MR) is 95.5 cm³/mol. The Morgan fingerprint density at radius 3 is 2.80 bits per heavy atom. The number of hydrogen-bond acceptors (Lipinski definition) is 4. The van der Waals surface area contributed by atoms with Crippen molar-refractivity contribution in [1.29, 1.82) is 0 Å². The minimum Gasteiger partial charge on any atom is -0.480 e. The number of carboxylic acid groups (broad SMARTS) is 1. The normalized spacial score (nSPS) is 24.3. The molecule has 4 heterocycles. The highest BCUT2D eigenvalue weighted by Crippen LogP contribution is 2.43. The number of rotatable bonds is 3. The fourth-order valence-electron chi connectivity index (χ4n) is 4.69. The van der Waals surface area contributed by atoms with Crippen LogP contribution < -0.4 is 0 Å². The van der Waals surface area contributed by atoms with Crippen LogP contribution in [0.25, 0.3) is 5.52 Å². The predicted octanol–water partition coefficient (Wildman–Crippen LogP) is 2.01. The Morgan fingerprint density at radius 2 is 2.12 bits per heavy atom. The van der Waals surface area contributed by atoms with Crippen LogP contribution in [-0.2, 0) is 11.3 Å². The van der Waals surface area contributed by atoms with Crippen LogP contribution >= 0.6 is 0 Å².